The van der Waals surface area contributed by atoms with Gasteiger partial charge in [-0.05, 0) is 25.7 Å². The second-order valence-corrected chi connectivity index (χ2v) is 4.43. The van der Waals surface area contributed by atoms with Crippen LogP contribution in [0.15, 0.2) is 0 Å². The van der Waals surface area contributed by atoms with Crippen molar-refractivity contribution in [2.75, 3.05) is 6.54 Å². The SMILES string of the molecule is CC(NC(=O)[C@H]1C[C@H](F)CN1)C1CC1. The lowest BCUT2D eigenvalue weighted by molar-refractivity contribution is -0.123. The molecule has 0 radical (unpaired) electrons. The summed E-state index contributed by atoms with van der Waals surface area (Å²) in [4.78, 5) is 11.6. The van der Waals surface area contributed by atoms with E-state index in [1.807, 2.05) is 6.92 Å². The molecular formula is C10H17FN2O. The number of rotatable bonds is 3. The molecule has 2 rings (SSSR count). The molecule has 80 valence electrons. The topological polar surface area (TPSA) is 41.1 Å². The van der Waals surface area contributed by atoms with Gasteiger partial charge in [0.1, 0.15) is 6.17 Å². The van der Waals surface area contributed by atoms with E-state index in [1.54, 1.807) is 0 Å². The third kappa shape index (κ3) is 2.23. The largest absolute Gasteiger partial charge is 0.352 e. The molecule has 2 fully saturated rings. The first kappa shape index (κ1) is 9.90. The Morgan fingerprint density at radius 2 is 2.29 bits per heavy atom. The fraction of sp³-hybridized carbons (Fsp3) is 0.900. The summed E-state index contributed by atoms with van der Waals surface area (Å²) < 4.78 is 12.8. The summed E-state index contributed by atoms with van der Waals surface area (Å²) in [6.45, 7) is 2.34. The highest BCUT2D eigenvalue weighted by Crippen LogP contribution is 2.32. The summed E-state index contributed by atoms with van der Waals surface area (Å²) in [6, 6.07) is -0.0610. The molecule has 1 amide bonds. The third-order valence-corrected chi connectivity index (χ3v) is 3.09. The molecule has 1 saturated carbocycles. The smallest absolute Gasteiger partial charge is 0.237 e. The van der Waals surface area contributed by atoms with Crippen molar-refractivity contribution in [3.63, 3.8) is 0 Å². The minimum atomic E-state index is -0.859. The van der Waals surface area contributed by atoms with Gasteiger partial charge in [-0.1, -0.05) is 0 Å². The van der Waals surface area contributed by atoms with Gasteiger partial charge < -0.3 is 10.6 Å². The average molecular weight is 200 g/mol. The van der Waals surface area contributed by atoms with E-state index in [2.05, 4.69) is 10.6 Å². The van der Waals surface area contributed by atoms with Gasteiger partial charge in [0.2, 0.25) is 5.91 Å². The zero-order valence-corrected chi connectivity index (χ0v) is 8.42. The molecule has 4 heteroatoms. The standard InChI is InChI=1S/C10H17FN2O/c1-6(7-2-3-7)13-10(14)9-4-8(11)5-12-9/h6-9,12H,2-5H2,1H3,(H,13,14)/t6?,8-,9+/m0/s1. The van der Waals surface area contributed by atoms with E-state index in [9.17, 15) is 9.18 Å². The number of nitrogens with one attached hydrogen (secondary N) is 2. The molecule has 1 aliphatic heterocycles. The van der Waals surface area contributed by atoms with E-state index in [0.29, 0.717) is 18.9 Å². The van der Waals surface area contributed by atoms with Crippen molar-refractivity contribution < 1.29 is 9.18 Å². The molecule has 0 bridgehead atoms. The number of hydrogen-bond acceptors (Lipinski definition) is 2. The monoisotopic (exact) mass is 200 g/mol. The van der Waals surface area contributed by atoms with Crippen molar-refractivity contribution in [1.29, 1.82) is 0 Å². The Kier molecular flexibility index (Phi) is 2.72. The summed E-state index contributed by atoms with van der Waals surface area (Å²) in [7, 11) is 0. The van der Waals surface area contributed by atoms with E-state index in [1.165, 1.54) is 12.8 Å². The van der Waals surface area contributed by atoms with Crippen LogP contribution in [0.5, 0.6) is 0 Å². The zero-order chi connectivity index (χ0) is 10.1. The summed E-state index contributed by atoms with van der Waals surface area (Å²) in [5.74, 6) is 0.617. The van der Waals surface area contributed by atoms with Gasteiger partial charge in [0.05, 0.1) is 6.04 Å². The normalized spacial score (nSPS) is 34.1. The molecule has 2 N–H and O–H groups in total. The number of halogens is 1. The fourth-order valence-electron chi connectivity index (χ4n) is 1.93. The Balaban J connectivity index is 1.77. The van der Waals surface area contributed by atoms with Crippen molar-refractivity contribution in [3.8, 4) is 0 Å². The average Bonchev–Trinajstić information content (AvgIpc) is 2.89. The predicted molar refractivity (Wildman–Crippen MR) is 51.6 cm³/mol. The van der Waals surface area contributed by atoms with Gasteiger partial charge in [-0.25, -0.2) is 4.39 Å². The van der Waals surface area contributed by atoms with Gasteiger partial charge in [-0.2, -0.15) is 0 Å². The van der Waals surface area contributed by atoms with Crippen LogP contribution in [0, 0.1) is 5.92 Å². The van der Waals surface area contributed by atoms with Crippen LogP contribution < -0.4 is 10.6 Å². The van der Waals surface area contributed by atoms with Gasteiger partial charge >= 0.3 is 0 Å². The molecule has 1 saturated heterocycles. The van der Waals surface area contributed by atoms with Crippen molar-refractivity contribution in [1.82, 2.24) is 10.6 Å². The lowest BCUT2D eigenvalue weighted by Crippen LogP contribution is -2.44. The molecule has 0 aromatic rings. The lowest BCUT2D eigenvalue weighted by atomic mass is 10.1. The maximum atomic E-state index is 12.8. The van der Waals surface area contributed by atoms with Gasteiger partial charge in [-0.3, -0.25) is 4.79 Å². The van der Waals surface area contributed by atoms with Crippen LogP contribution in [0.4, 0.5) is 4.39 Å². The molecule has 14 heavy (non-hydrogen) atoms. The van der Waals surface area contributed by atoms with Crippen LogP contribution in [0.2, 0.25) is 0 Å². The summed E-state index contributed by atoms with van der Waals surface area (Å²) in [5.41, 5.74) is 0. The predicted octanol–water partition coefficient (Wildman–Crippen LogP) is 0.601. The van der Waals surface area contributed by atoms with Crippen molar-refractivity contribution in [3.05, 3.63) is 0 Å². The van der Waals surface area contributed by atoms with Gasteiger partial charge in [0, 0.05) is 19.0 Å². The van der Waals surface area contributed by atoms with Gasteiger partial charge in [0.15, 0.2) is 0 Å². The van der Waals surface area contributed by atoms with E-state index in [0.717, 1.165) is 0 Å². The Morgan fingerprint density at radius 3 is 2.79 bits per heavy atom. The quantitative estimate of drug-likeness (QED) is 0.700. The molecule has 1 unspecified atom stereocenters. The maximum Gasteiger partial charge on any atom is 0.237 e. The summed E-state index contributed by atoms with van der Waals surface area (Å²) in [6.07, 6.45) is 1.89. The summed E-state index contributed by atoms with van der Waals surface area (Å²) >= 11 is 0. The van der Waals surface area contributed by atoms with Gasteiger partial charge in [0.25, 0.3) is 0 Å². The minimum absolute atomic E-state index is 0.0375. The highest BCUT2D eigenvalue weighted by Gasteiger charge is 2.33. The molecule has 3 nitrogen and oxygen atoms in total. The lowest BCUT2D eigenvalue weighted by Gasteiger charge is -2.16. The molecule has 2 aliphatic rings. The molecular weight excluding hydrogens is 183 g/mol. The molecule has 1 aliphatic carbocycles. The van der Waals surface area contributed by atoms with Crippen LogP contribution in [0.1, 0.15) is 26.2 Å². The molecule has 0 aromatic carbocycles. The number of hydrogen-bond donors (Lipinski definition) is 2. The molecule has 0 aromatic heterocycles. The van der Waals surface area contributed by atoms with Crippen LogP contribution in [0.3, 0.4) is 0 Å². The van der Waals surface area contributed by atoms with Crippen LogP contribution in [0.25, 0.3) is 0 Å². The van der Waals surface area contributed by atoms with Crippen LogP contribution >= 0.6 is 0 Å². The summed E-state index contributed by atoms with van der Waals surface area (Å²) in [5, 5.41) is 5.82. The number of carbonyl (C=O) groups is 1. The van der Waals surface area contributed by atoms with Crippen molar-refractivity contribution >= 4 is 5.91 Å². The van der Waals surface area contributed by atoms with Crippen molar-refractivity contribution in [2.24, 2.45) is 5.92 Å². The zero-order valence-electron chi connectivity index (χ0n) is 8.42. The highest BCUT2D eigenvalue weighted by molar-refractivity contribution is 5.82. The Morgan fingerprint density at radius 1 is 1.57 bits per heavy atom. The Labute approximate surface area is 83.4 Å². The second-order valence-electron chi connectivity index (χ2n) is 4.43. The van der Waals surface area contributed by atoms with E-state index in [4.69, 9.17) is 0 Å². The third-order valence-electron chi connectivity index (χ3n) is 3.09. The second kappa shape index (κ2) is 3.85. The first-order valence-corrected chi connectivity index (χ1v) is 5.34. The van der Waals surface area contributed by atoms with E-state index < -0.39 is 6.17 Å². The number of amides is 1. The molecule has 3 atom stereocenters. The van der Waals surface area contributed by atoms with E-state index >= 15 is 0 Å². The Hall–Kier alpha value is -0.640. The first-order chi connectivity index (χ1) is 6.66. The number of alkyl halides is 1. The number of carbonyl (C=O) groups excluding carboxylic acids is 1. The van der Waals surface area contributed by atoms with Crippen molar-refractivity contribution in [2.45, 2.75) is 44.4 Å². The van der Waals surface area contributed by atoms with Gasteiger partial charge in [-0.15, -0.1) is 0 Å². The fourth-order valence-corrected chi connectivity index (χ4v) is 1.93. The molecule has 0 spiro atoms. The Bertz CT molecular complexity index is 230. The molecule has 1 heterocycles. The highest BCUT2D eigenvalue weighted by atomic mass is 19.1. The van der Waals surface area contributed by atoms with E-state index in [-0.39, 0.29) is 18.0 Å². The minimum Gasteiger partial charge on any atom is -0.352 e. The van der Waals surface area contributed by atoms with Crippen LogP contribution in [-0.4, -0.2) is 30.7 Å². The first-order valence-electron chi connectivity index (χ1n) is 5.34. The van der Waals surface area contributed by atoms with Crippen LogP contribution in [-0.2, 0) is 4.79 Å². The maximum absolute atomic E-state index is 12.8.